The minimum atomic E-state index is -4.14. The van der Waals surface area contributed by atoms with E-state index >= 15 is 0 Å². The van der Waals surface area contributed by atoms with E-state index in [1.165, 1.54) is 37.7 Å². The molecule has 0 unspecified atom stereocenters. The van der Waals surface area contributed by atoms with Gasteiger partial charge in [0.1, 0.15) is 15.9 Å². The smallest absolute Gasteiger partial charge is 0.266 e. The Morgan fingerprint density at radius 1 is 1.39 bits per heavy atom. The summed E-state index contributed by atoms with van der Waals surface area (Å²) in [5, 5.41) is 6.27. The van der Waals surface area contributed by atoms with E-state index in [4.69, 9.17) is 11.6 Å². The second-order valence-electron chi connectivity index (χ2n) is 4.81. The Kier molecular flexibility index (Phi) is 4.62. The topological polar surface area (TPSA) is 93.1 Å². The summed E-state index contributed by atoms with van der Waals surface area (Å²) in [6.07, 6.45) is 0. The van der Waals surface area contributed by atoms with Crippen molar-refractivity contribution in [2.24, 2.45) is 7.05 Å². The summed E-state index contributed by atoms with van der Waals surface area (Å²) in [5.74, 6) is -1.16. The standard InChI is InChI=1S/C13H14ClFN4O3S/c1-7-12(13(14)19(3)17-7)23(21,22)18-11-6-9(16-8(2)20)4-5-10(11)15/h4-6,18H,1-3H3,(H,16,20). The molecule has 0 aliphatic carbocycles. The first kappa shape index (κ1) is 17.2. The maximum absolute atomic E-state index is 13.9. The fourth-order valence-electron chi connectivity index (χ4n) is 2.00. The van der Waals surface area contributed by atoms with E-state index in [-0.39, 0.29) is 33.0 Å². The van der Waals surface area contributed by atoms with Crippen LogP contribution in [0.2, 0.25) is 5.15 Å². The van der Waals surface area contributed by atoms with Crippen molar-refractivity contribution in [2.75, 3.05) is 10.0 Å². The lowest BCUT2D eigenvalue weighted by molar-refractivity contribution is -0.114. The average Bonchev–Trinajstić information content (AvgIpc) is 2.66. The first-order chi connectivity index (χ1) is 10.6. The van der Waals surface area contributed by atoms with Gasteiger partial charge in [0.25, 0.3) is 10.0 Å². The van der Waals surface area contributed by atoms with Crippen LogP contribution in [0.25, 0.3) is 0 Å². The zero-order chi connectivity index (χ0) is 17.4. The number of rotatable bonds is 4. The fourth-order valence-corrected chi connectivity index (χ4v) is 3.81. The predicted molar refractivity (Wildman–Crippen MR) is 84.5 cm³/mol. The first-order valence-electron chi connectivity index (χ1n) is 6.41. The maximum atomic E-state index is 13.9. The van der Waals surface area contributed by atoms with Gasteiger partial charge in [-0.15, -0.1) is 0 Å². The van der Waals surface area contributed by atoms with Crippen molar-refractivity contribution in [1.29, 1.82) is 0 Å². The summed E-state index contributed by atoms with van der Waals surface area (Å²) < 4.78 is 42.1. The molecule has 7 nitrogen and oxygen atoms in total. The average molecular weight is 361 g/mol. The van der Waals surface area contributed by atoms with Crippen LogP contribution < -0.4 is 10.0 Å². The number of aromatic nitrogens is 2. The third-order valence-corrected chi connectivity index (χ3v) is 4.96. The van der Waals surface area contributed by atoms with Crippen molar-refractivity contribution >= 4 is 38.9 Å². The maximum Gasteiger partial charge on any atom is 0.266 e. The highest BCUT2D eigenvalue weighted by molar-refractivity contribution is 7.92. The lowest BCUT2D eigenvalue weighted by Crippen LogP contribution is -2.15. The normalized spacial score (nSPS) is 11.3. The second-order valence-corrected chi connectivity index (χ2v) is 6.79. The number of sulfonamides is 1. The third kappa shape index (κ3) is 3.62. The van der Waals surface area contributed by atoms with Crippen molar-refractivity contribution in [3.63, 3.8) is 0 Å². The summed E-state index contributed by atoms with van der Waals surface area (Å²) in [6, 6.07) is 3.53. The molecule has 1 aromatic heterocycles. The molecule has 2 N–H and O–H groups in total. The summed E-state index contributed by atoms with van der Waals surface area (Å²) >= 11 is 5.94. The monoisotopic (exact) mass is 360 g/mol. The molecule has 2 rings (SSSR count). The quantitative estimate of drug-likeness (QED) is 0.874. The van der Waals surface area contributed by atoms with Gasteiger partial charge in [-0.05, 0) is 25.1 Å². The SMILES string of the molecule is CC(=O)Nc1ccc(F)c(NS(=O)(=O)c2c(C)nn(C)c2Cl)c1. The molecule has 0 saturated heterocycles. The van der Waals surface area contributed by atoms with Crippen LogP contribution in [0.5, 0.6) is 0 Å². The van der Waals surface area contributed by atoms with Gasteiger partial charge in [0.05, 0.1) is 11.4 Å². The molecule has 0 aliphatic rings. The predicted octanol–water partition coefficient (Wildman–Crippen LogP) is 2.28. The van der Waals surface area contributed by atoms with Gasteiger partial charge in [-0.25, -0.2) is 12.8 Å². The molecule has 0 spiro atoms. The van der Waals surface area contributed by atoms with Crippen molar-refractivity contribution < 1.29 is 17.6 Å². The zero-order valence-corrected chi connectivity index (χ0v) is 14.1. The molecule has 1 heterocycles. The molecule has 0 saturated carbocycles. The molecule has 1 aromatic carbocycles. The molecule has 0 bridgehead atoms. The molecule has 0 radical (unpaired) electrons. The van der Waals surface area contributed by atoms with Crippen molar-refractivity contribution in [3.8, 4) is 0 Å². The Hall–Kier alpha value is -2.13. The molecule has 23 heavy (non-hydrogen) atoms. The number of amides is 1. The van der Waals surface area contributed by atoms with Crippen LogP contribution in [0.15, 0.2) is 23.1 Å². The highest BCUT2D eigenvalue weighted by Crippen LogP contribution is 2.28. The fraction of sp³-hybridized carbons (Fsp3) is 0.231. The number of carbonyl (C=O) groups is 1. The number of aryl methyl sites for hydroxylation is 2. The number of hydrogen-bond acceptors (Lipinski definition) is 4. The van der Waals surface area contributed by atoms with Crippen molar-refractivity contribution in [3.05, 3.63) is 34.9 Å². The first-order valence-corrected chi connectivity index (χ1v) is 8.27. The summed E-state index contributed by atoms with van der Waals surface area (Å²) in [6.45, 7) is 2.76. The number of nitrogens with one attached hydrogen (secondary N) is 2. The lowest BCUT2D eigenvalue weighted by Gasteiger charge is -2.11. The molecule has 0 fully saturated rings. The van der Waals surface area contributed by atoms with E-state index in [2.05, 4.69) is 15.1 Å². The molecular formula is C13H14ClFN4O3S. The van der Waals surface area contributed by atoms with Gasteiger partial charge in [0, 0.05) is 19.7 Å². The van der Waals surface area contributed by atoms with Gasteiger partial charge in [-0.1, -0.05) is 11.6 Å². The minimum absolute atomic E-state index is 0.0894. The van der Waals surface area contributed by atoms with E-state index in [1.54, 1.807) is 0 Å². The van der Waals surface area contributed by atoms with Crippen LogP contribution in [-0.2, 0) is 21.9 Å². The molecule has 124 valence electrons. The van der Waals surface area contributed by atoms with Crippen LogP contribution in [0, 0.1) is 12.7 Å². The van der Waals surface area contributed by atoms with Gasteiger partial charge >= 0.3 is 0 Å². The Labute approximate surface area is 137 Å². The number of hydrogen-bond donors (Lipinski definition) is 2. The van der Waals surface area contributed by atoms with Crippen molar-refractivity contribution in [1.82, 2.24) is 9.78 Å². The Bertz CT molecular complexity index is 880. The molecule has 2 aromatic rings. The number of nitrogens with zero attached hydrogens (tertiary/aromatic N) is 2. The highest BCUT2D eigenvalue weighted by atomic mass is 35.5. The Morgan fingerprint density at radius 3 is 2.57 bits per heavy atom. The van der Waals surface area contributed by atoms with E-state index in [1.807, 2.05) is 0 Å². The Morgan fingerprint density at radius 2 is 2.04 bits per heavy atom. The minimum Gasteiger partial charge on any atom is -0.326 e. The van der Waals surface area contributed by atoms with Crippen LogP contribution in [0.4, 0.5) is 15.8 Å². The van der Waals surface area contributed by atoms with Crippen molar-refractivity contribution in [2.45, 2.75) is 18.7 Å². The zero-order valence-electron chi connectivity index (χ0n) is 12.5. The molecule has 0 aliphatic heterocycles. The third-order valence-electron chi connectivity index (χ3n) is 2.90. The second kappa shape index (κ2) is 6.17. The number of benzene rings is 1. The lowest BCUT2D eigenvalue weighted by atomic mass is 10.2. The molecule has 1 amide bonds. The van der Waals surface area contributed by atoms with Crippen LogP contribution in [-0.4, -0.2) is 24.1 Å². The highest BCUT2D eigenvalue weighted by Gasteiger charge is 2.26. The van der Waals surface area contributed by atoms with Crippen LogP contribution in [0.1, 0.15) is 12.6 Å². The summed E-state index contributed by atoms with van der Waals surface area (Å²) in [5.41, 5.74) is 0.129. The number of halogens is 2. The van der Waals surface area contributed by atoms with Gasteiger partial charge in [-0.2, -0.15) is 5.10 Å². The van der Waals surface area contributed by atoms with Gasteiger partial charge in [0.15, 0.2) is 0 Å². The van der Waals surface area contributed by atoms with Crippen LogP contribution >= 0.6 is 11.6 Å². The molecule has 0 atom stereocenters. The molecular weight excluding hydrogens is 347 g/mol. The van der Waals surface area contributed by atoms with E-state index in [0.717, 1.165) is 6.07 Å². The largest absolute Gasteiger partial charge is 0.326 e. The number of anilines is 2. The van der Waals surface area contributed by atoms with Gasteiger partial charge in [0.2, 0.25) is 5.91 Å². The van der Waals surface area contributed by atoms with E-state index in [9.17, 15) is 17.6 Å². The van der Waals surface area contributed by atoms with E-state index < -0.39 is 15.8 Å². The van der Waals surface area contributed by atoms with Gasteiger partial charge < -0.3 is 5.32 Å². The summed E-state index contributed by atoms with van der Waals surface area (Å²) in [7, 11) is -2.65. The van der Waals surface area contributed by atoms with Gasteiger partial charge in [-0.3, -0.25) is 14.2 Å². The van der Waals surface area contributed by atoms with E-state index in [0.29, 0.717) is 0 Å². The van der Waals surface area contributed by atoms with Crippen LogP contribution in [0.3, 0.4) is 0 Å². The molecule has 10 heteroatoms. The number of carbonyl (C=O) groups excluding carboxylic acids is 1. The summed E-state index contributed by atoms with van der Waals surface area (Å²) in [4.78, 5) is 10.8. The Balaban J connectivity index is 2.43.